The number of rotatable bonds is 7. The van der Waals surface area contributed by atoms with Crippen LogP contribution in [0.2, 0.25) is 0 Å². The smallest absolute Gasteiger partial charge is 0.308 e. The average molecular weight is 284 g/mol. The molecule has 3 heteroatoms. The van der Waals surface area contributed by atoms with Crippen molar-refractivity contribution in [3.63, 3.8) is 0 Å². The van der Waals surface area contributed by atoms with E-state index in [1.54, 1.807) is 6.08 Å². The van der Waals surface area contributed by atoms with Crippen molar-refractivity contribution in [2.75, 3.05) is 13.2 Å². The summed E-state index contributed by atoms with van der Waals surface area (Å²) < 4.78 is 11.0. The van der Waals surface area contributed by atoms with E-state index in [1.807, 2.05) is 6.92 Å². The third-order valence-electron chi connectivity index (χ3n) is 3.48. The van der Waals surface area contributed by atoms with Gasteiger partial charge < -0.3 is 9.47 Å². The number of ether oxygens (including phenoxy) is 2. The third kappa shape index (κ3) is 7.09. The summed E-state index contributed by atoms with van der Waals surface area (Å²) in [6, 6.07) is 0. The Morgan fingerprint density at radius 3 is 2.05 bits per heavy atom. The van der Waals surface area contributed by atoms with Crippen LogP contribution in [-0.4, -0.2) is 24.8 Å². The zero-order chi connectivity index (χ0) is 16.0. The van der Waals surface area contributed by atoms with E-state index in [9.17, 15) is 4.79 Å². The Morgan fingerprint density at radius 1 is 1.10 bits per heavy atom. The van der Waals surface area contributed by atoms with Crippen molar-refractivity contribution in [2.24, 2.45) is 10.8 Å². The molecule has 0 rings (SSSR count). The molecule has 0 aliphatic carbocycles. The van der Waals surface area contributed by atoms with E-state index in [1.165, 1.54) is 0 Å². The third-order valence-corrected chi connectivity index (χ3v) is 3.48. The van der Waals surface area contributed by atoms with Crippen LogP contribution >= 0.6 is 0 Å². The van der Waals surface area contributed by atoms with Crippen LogP contribution in [0.1, 0.15) is 61.3 Å². The zero-order valence-electron chi connectivity index (χ0n) is 14.3. The van der Waals surface area contributed by atoms with Crippen LogP contribution in [0, 0.1) is 10.8 Å². The summed E-state index contributed by atoms with van der Waals surface area (Å²) in [5, 5.41) is 0. The van der Waals surface area contributed by atoms with Gasteiger partial charge in [0.25, 0.3) is 0 Å². The van der Waals surface area contributed by atoms with Crippen molar-refractivity contribution in [3.05, 3.63) is 12.7 Å². The van der Waals surface area contributed by atoms with Crippen LogP contribution in [0.4, 0.5) is 0 Å². The minimum absolute atomic E-state index is 0.0989. The average Bonchev–Trinajstić information content (AvgIpc) is 2.20. The predicted molar refractivity (Wildman–Crippen MR) is 83.7 cm³/mol. The van der Waals surface area contributed by atoms with Crippen molar-refractivity contribution < 1.29 is 14.3 Å². The van der Waals surface area contributed by atoms with Crippen molar-refractivity contribution in [1.82, 2.24) is 0 Å². The monoisotopic (exact) mass is 284 g/mol. The van der Waals surface area contributed by atoms with Crippen LogP contribution in [0.25, 0.3) is 0 Å². The molecule has 0 spiro atoms. The Labute approximate surface area is 124 Å². The molecule has 0 aromatic carbocycles. The molecular weight excluding hydrogens is 252 g/mol. The molecule has 0 bridgehead atoms. The van der Waals surface area contributed by atoms with E-state index in [2.05, 4.69) is 48.1 Å². The summed E-state index contributed by atoms with van der Waals surface area (Å²) in [6.45, 7) is 19.3. The lowest BCUT2D eigenvalue weighted by Gasteiger charge is -2.44. The maximum atomic E-state index is 12.0. The van der Waals surface area contributed by atoms with Crippen LogP contribution in [0.3, 0.4) is 0 Å². The molecule has 0 heterocycles. The molecule has 0 radical (unpaired) electrons. The van der Waals surface area contributed by atoms with Crippen molar-refractivity contribution in [2.45, 2.75) is 66.9 Å². The Kier molecular flexibility index (Phi) is 6.96. The Balaban J connectivity index is 4.67. The number of esters is 1. The molecule has 0 fully saturated rings. The van der Waals surface area contributed by atoms with Crippen molar-refractivity contribution in [3.8, 4) is 0 Å². The summed E-state index contributed by atoms with van der Waals surface area (Å²) in [7, 11) is 0. The highest BCUT2D eigenvalue weighted by molar-refractivity contribution is 5.70. The fourth-order valence-corrected chi connectivity index (χ4v) is 2.09. The van der Waals surface area contributed by atoms with Gasteiger partial charge in [-0.25, -0.2) is 0 Å². The molecule has 20 heavy (non-hydrogen) atoms. The minimum Gasteiger partial charge on any atom is -0.459 e. The molecule has 1 unspecified atom stereocenters. The van der Waals surface area contributed by atoms with Gasteiger partial charge in [0.05, 0.1) is 19.6 Å². The van der Waals surface area contributed by atoms with Crippen LogP contribution in [-0.2, 0) is 14.3 Å². The van der Waals surface area contributed by atoms with Crippen LogP contribution in [0.5, 0.6) is 0 Å². The maximum Gasteiger partial charge on any atom is 0.308 e. The SMILES string of the molecule is C=CCOCCC(=O)OC(C)(CC(C)(C)C)C(C)(C)C. The fraction of sp³-hybridized carbons (Fsp3) is 0.824. The largest absolute Gasteiger partial charge is 0.459 e. The standard InChI is InChI=1S/C17H32O3/c1-9-11-19-12-10-14(18)20-17(8,16(5,6)7)13-15(2,3)4/h9H,1,10-13H2,2-8H3. The minimum atomic E-state index is -0.485. The zero-order valence-corrected chi connectivity index (χ0v) is 14.3. The Bertz CT molecular complexity index is 320. The highest BCUT2D eigenvalue weighted by Gasteiger charge is 2.43. The van der Waals surface area contributed by atoms with Gasteiger partial charge in [-0.3, -0.25) is 4.79 Å². The van der Waals surface area contributed by atoms with E-state index in [0.29, 0.717) is 13.2 Å². The quantitative estimate of drug-likeness (QED) is 0.396. The predicted octanol–water partition coefficient (Wildman–Crippen LogP) is 4.36. The first-order chi connectivity index (χ1) is 8.91. The highest BCUT2D eigenvalue weighted by atomic mass is 16.6. The van der Waals surface area contributed by atoms with Gasteiger partial charge in [0, 0.05) is 5.41 Å². The van der Waals surface area contributed by atoms with E-state index in [-0.39, 0.29) is 23.2 Å². The lowest BCUT2D eigenvalue weighted by molar-refractivity contribution is -0.176. The molecule has 0 aromatic heterocycles. The first-order valence-corrected chi connectivity index (χ1v) is 7.32. The summed E-state index contributed by atoms with van der Waals surface area (Å²) in [5.74, 6) is -0.198. The number of carbonyl (C=O) groups is 1. The van der Waals surface area contributed by atoms with E-state index < -0.39 is 5.60 Å². The lowest BCUT2D eigenvalue weighted by Crippen LogP contribution is -2.47. The number of hydrogen-bond donors (Lipinski definition) is 0. The second-order valence-electron chi connectivity index (χ2n) is 7.81. The second-order valence-corrected chi connectivity index (χ2v) is 7.81. The second kappa shape index (κ2) is 7.26. The normalized spacial score (nSPS) is 15.6. The van der Waals surface area contributed by atoms with Crippen LogP contribution < -0.4 is 0 Å². The van der Waals surface area contributed by atoms with Gasteiger partial charge in [-0.05, 0) is 18.8 Å². The van der Waals surface area contributed by atoms with Gasteiger partial charge in [0.1, 0.15) is 5.60 Å². The molecule has 1 atom stereocenters. The van der Waals surface area contributed by atoms with Crippen molar-refractivity contribution in [1.29, 1.82) is 0 Å². The molecule has 3 nitrogen and oxygen atoms in total. The maximum absolute atomic E-state index is 12.0. The molecule has 0 aliphatic heterocycles. The Morgan fingerprint density at radius 2 is 1.65 bits per heavy atom. The fourth-order valence-electron chi connectivity index (χ4n) is 2.09. The summed E-state index contributed by atoms with van der Waals surface area (Å²) >= 11 is 0. The van der Waals surface area contributed by atoms with E-state index >= 15 is 0 Å². The molecule has 0 saturated heterocycles. The number of hydrogen-bond acceptors (Lipinski definition) is 3. The molecule has 0 aromatic rings. The van der Waals surface area contributed by atoms with Gasteiger partial charge in [0.2, 0.25) is 0 Å². The van der Waals surface area contributed by atoms with Gasteiger partial charge in [-0.15, -0.1) is 6.58 Å². The van der Waals surface area contributed by atoms with Gasteiger partial charge in [-0.2, -0.15) is 0 Å². The highest BCUT2D eigenvalue weighted by Crippen LogP contribution is 2.42. The number of carbonyl (C=O) groups excluding carboxylic acids is 1. The van der Waals surface area contributed by atoms with Gasteiger partial charge in [-0.1, -0.05) is 47.6 Å². The first kappa shape index (κ1) is 19.2. The molecule has 118 valence electrons. The summed E-state index contributed by atoms with van der Waals surface area (Å²) in [4.78, 5) is 12.0. The van der Waals surface area contributed by atoms with E-state index in [0.717, 1.165) is 6.42 Å². The molecule has 0 aliphatic rings. The molecular formula is C17H32O3. The summed E-state index contributed by atoms with van der Waals surface area (Å²) in [5.41, 5.74) is -0.500. The molecule has 0 amide bonds. The van der Waals surface area contributed by atoms with Crippen molar-refractivity contribution >= 4 is 5.97 Å². The van der Waals surface area contributed by atoms with E-state index in [4.69, 9.17) is 9.47 Å². The van der Waals surface area contributed by atoms with Gasteiger partial charge in [0.15, 0.2) is 0 Å². The molecule has 0 N–H and O–H groups in total. The topological polar surface area (TPSA) is 35.5 Å². The first-order valence-electron chi connectivity index (χ1n) is 7.32. The molecule has 0 saturated carbocycles. The van der Waals surface area contributed by atoms with Gasteiger partial charge >= 0.3 is 5.97 Å². The summed E-state index contributed by atoms with van der Waals surface area (Å²) in [6.07, 6.45) is 2.77. The lowest BCUT2D eigenvalue weighted by atomic mass is 9.69. The Hall–Kier alpha value is -0.830. The van der Waals surface area contributed by atoms with Crippen LogP contribution in [0.15, 0.2) is 12.7 Å².